The van der Waals surface area contributed by atoms with Gasteiger partial charge in [-0.1, -0.05) is 13.8 Å². The van der Waals surface area contributed by atoms with Crippen LogP contribution in [0.25, 0.3) is 0 Å². The number of nitrogens with zero attached hydrogens (tertiary/aromatic N) is 3. The van der Waals surface area contributed by atoms with Crippen molar-refractivity contribution in [1.82, 2.24) is 14.7 Å². The van der Waals surface area contributed by atoms with E-state index in [1.807, 2.05) is 0 Å². The standard InChI is InChI=1S/C20H39N3O/c1-17(2)19-4-6-20(7-5-19)23-12-9-21(10-13-23)8-11-22-14-15-24-16-18(22)3/h17-20H,4-16H2,1-3H3. The number of hydrogen-bond donors (Lipinski definition) is 0. The first-order valence-corrected chi connectivity index (χ1v) is 10.4. The topological polar surface area (TPSA) is 19.0 Å². The number of hydrogen-bond acceptors (Lipinski definition) is 4. The van der Waals surface area contributed by atoms with Crippen LogP contribution in [-0.2, 0) is 4.74 Å². The molecule has 2 saturated heterocycles. The van der Waals surface area contributed by atoms with E-state index in [4.69, 9.17) is 4.74 Å². The molecule has 3 rings (SSSR count). The Labute approximate surface area is 149 Å². The van der Waals surface area contributed by atoms with Gasteiger partial charge in [0.05, 0.1) is 13.2 Å². The van der Waals surface area contributed by atoms with Gasteiger partial charge in [-0.3, -0.25) is 14.7 Å². The van der Waals surface area contributed by atoms with E-state index in [2.05, 4.69) is 35.5 Å². The summed E-state index contributed by atoms with van der Waals surface area (Å²) in [5.74, 6) is 1.86. The van der Waals surface area contributed by atoms with Gasteiger partial charge >= 0.3 is 0 Å². The Morgan fingerprint density at radius 3 is 2.25 bits per heavy atom. The van der Waals surface area contributed by atoms with Gasteiger partial charge in [-0.2, -0.15) is 0 Å². The lowest BCUT2D eigenvalue weighted by atomic mass is 9.79. The van der Waals surface area contributed by atoms with Gasteiger partial charge in [0.1, 0.15) is 0 Å². The molecule has 4 nitrogen and oxygen atoms in total. The van der Waals surface area contributed by atoms with Crippen LogP contribution in [0.3, 0.4) is 0 Å². The summed E-state index contributed by atoms with van der Waals surface area (Å²) in [6.45, 7) is 17.6. The summed E-state index contributed by atoms with van der Waals surface area (Å²) < 4.78 is 5.55. The maximum Gasteiger partial charge on any atom is 0.0619 e. The van der Waals surface area contributed by atoms with Gasteiger partial charge in [-0.15, -0.1) is 0 Å². The average Bonchev–Trinajstić information content (AvgIpc) is 2.62. The molecule has 4 heteroatoms. The highest BCUT2D eigenvalue weighted by Gasteiger charge is 2.29. The Bertz CT molecular complexity index is 360. The maximum absolute atomic E-state index is 5.55. The minimum Gasteiger partial charge on any atom is -0.379 e. The predicted molar refractivity (Wildman–Crippen MR) is 100 cm³/mol. The van der Waals surface area contributed by atoms with Crippen molar-refractivity contribution in [2.24, 2.45) is 11.8 Å². The average molecular weight is 338 g/mol. The summed E-state index contributed by atoms with van der Waals surface area (Å²) in [7, 11) is 0. The minimum absolute atomic E-state index is 0.594. The quantitative estimate of drug-likeness (QED) is 0.767. The van der Waals surface area contributed by atoms with Crippen LogP contribution in [0.4, 0.5) is 0 Å². The number of morpholine rings is 1. The van der Waals surface area contributed by atoms with Crippen LogP contribution in [0.2, 0.25) is 0 Å². The molecule has 0 aromatic carbocycles. The molecule has 0 amide bonds. The highest BCUT2D eigenvalue weighted by molar-refractivity contribution is 4.84. The van der Waals surface area contributed by atoms with E-state index in [-0.39, 0.29) is 0 Å². The molecule has 0 aromatic rings. The third kappa shape index (κ3) is 4.94. The smallest absolute Gasteiger partial charge is 0.0619 e. The van der Waals surface area contributed by atoms with Crippen LogP contribution < -0.4 is 0 Å². The summed E-state index contributed by atoms with van der Waals surface area (Å²) in [6.07, 6.45) is 5.79. The van der Waals surface area contributed by atoms with Crippen molar-refractivity contribution < 1.29 is 4.74 Å². The summed E-state index contributed by atoms with van der Waals surface area (Å²) in [6, 6.07) is 1.47. The molecule has 24 heavy (non-hydrogen) atoms. The molecule has 3 fully saturated rings. The van der Waals surface area contributed by atoms with E-state index in [0.717, 1.165) is 37.6 Å². The van der Waals surface area contributed by atoms with Crippen molar-refractivity contribution in [2.75, 3.05) is 59.0 Å². The van der Waals surface area contributed by atoms with Crippen LogP contribution in [0, 0.1) is 11.8 Å². The van der Waals surface area contributed by atoms with E-state index in [1.54, 1.807) is 0 Å². The zero-order chi connectivity index (χ0) is 16.9. The summed E-state index contributed by atoms with van der Waals surface area (Å²) >= 11 is 0. The van der Waals surface area contributed by atoms with E-state index < -0.39 is 0 Å². The fourth-order valence-electron chi connectivity index (χ4n) is 4.85. The lowest BCUT2D eigenvalue weighted by Crippen LogP contribution is -2.53. The SMILES string of the molecule is CC(C)C1CCC(N2CCN(CCN3CCOCC3C)CC2)CC1. The van der Waals surface area contributed by atoms with Gasteiger partial charge in [-0.25, -0.2) is 0 Å². The van der Waals surface area contributed by atoms with Crippen LogP contribution in [-0.4, -0.2) is 85.8 Å². The molecule has 1 unspecified atom stereocenters. The van der Waals surface area contributed by atoms with Gasteiger partial charge in [0, 0.05) is 57.9 Å². The fourth-order valence-corrected chi connectivity index (χ4v) is 4.85. The number of piperazine rings is 1. The monoisotopic (exact) mass is 337 g/mol. The molecule has 0 radical (unpaired) electrons. The van der Waals surface area contributed by atoms with Crippen molar-refractivity contribution in [3.63, 3.8) is 0 Å². The lowest BCUT2D eigenvalue weighted by Gasteiger charge is -2.43. The Hall–Kier alpha value is -0.160. The Balaban J connectivity index is 1.34. The maximum atomic E-state index is 5.55. The molecule has 2 heterocycles. The normalized spacial score (nSPS) is 34.8. The van der Waals surface area contributed by atoms with Gasteiger partial charge in [0.25, 0.3) is 0 Å². The minimum atomic E-state index is 0.594. The first kappa shape index (κ1) is 18.6. The summed E-state index contributed by atoms with van der Waals surface area (Å²) in [5, 5.41) is 0. The van der Waals surface area contributed by atoms with Crippen LogP contribution in [0.15, 0.2) is 0 Å². The molecular formula is C20H39N3O. The van der Waals surface area contributed by atoms with Gasteiger partial charge in [-0.05, 0) is 44.4 Å². The Morgan fingerprint density at radius 2 is 1.62 bits per heavy atom. The second kappa shape index (κ2) is 8.98. The fraction of sp³-hybridized carbons (Fsp3) is 1.00. The van der Waals surface area contributed by atoms with Crippen LogP contribution in [0.5, 0.6) is 0 Å². The second-order valence-corrected chi connectivity index (χ2v) is 8.65. The highest BCUT2D eigenvalue weighted by Crippen LogP contribution is 2.32. The lowest BCUT2D eigenvalue weighted by molar-refractivity contribution is -0.00776. The van der Waals surface area contributed by atoms with E-state index >= 15 is 0 Å². The number of rotatable bonds is 5. The molecule has 0 aromatic heterocycles. The third-order valence-corrected chi connectivity index (χ3v) is 6.82. The zero-order valence-corrected chi connectivity index (χ0v) is 16.3. The Kier molecular flexibility index (Phi) is 6.97. The summed E-state index contributed by atoms with van der Waals surface area (Å²) in [4.78, 5) is 8.08. The largest absolute Gasteiger partial charge is 0.379 e. The van der Waals surface area contributed by atoms with E-state index in [1.165, 1.54) is 65.0 Å². The van der Waals surface area contributed by atoms with Crippen LogP contribution in [0.1, 0.15) is 46.5 Å². The number of ether oxygens (including phenoxy) is 1. The van der Waals surface area contributed by atoms with Crippen molar-refractivity contribution >= 4 is 0 Å². The van der Waals surface area contributed by atoms with Gasteiger partial charge in [0.15, 0.2) is 0 Å². The Morgan fingerprint density at radius 1 is 0.917 bits per heavy atom. The first-order valence-electron chi connectivity index (χ1n) is 10.4. The summed E-state index contributed by atoms with van der Waals surface area (Å²) in [5.41, 5.74) is 0. The molecule has 0 N–H and O–H groups in total. The first-order chi connectivity index (χ1) is 11.6. The second-order valence-electron chi connectivity index (χ2n) is 8.65. The van der Waals surface area contributed by atoms with E-state index in [9.17, 15) is 0 Å². The molecule has 1 atom stereocenters. The van der Waals surface area contributed by atoms with Gasteiger partial charge < -0.3 is 4.74 Å². The molecule has 3 aliphatic rings. The van der Waals surface area contributed by atoms with Gasteiger partial charge in [0.2, 0.25) is 0 Å². The van der Waals surface area contributed by atoms with Crippen LogP contribution >= 0.6 is 0 Å². The van der Waals surface area contributed by atoms with Crippen molar-refractivity contribution in [2.45, 2.75) is 58.5 Å². The highest BCUT2D eigenvalue weighted by atomic mass is 16.5. The zero-order valence-electron chi connectivity index (χ0n) is 16.3. The molecule has 0 bridgehead atoms. The van der Waals surface area contributed by atoms with Crippen molar-refractivity contribution in [1.29, 1.82) is 0 Å². The molecule has 0 spiro atoms. The molecular weight excluding hydrogens is 298 g/mol. The predicted octanol–water partition coefficient (Wildman–Crippen LogP) is 2.54. The molecule has 2 aliphatic heterocycles. The van der Waals surface area contributed by atoms with E-state index in [0.29, 0.717) is 6.04 Å². The molecule has 140 valence electrons. The van der Waals surface area contributed by atoms with Crippen molar-refractivity contribution in [3.8, 4) is 0 Å². The molecule has 1 saturated carbocycles. The third-order valence-electron chi connectivity index (χ3n) is 6.82. The molecule has 1 aliphatic carbocycles. The van der Waals surface area contributed by atoms with Crippen molar-refractivity contribution in [3.05, 3.63) is 0 Å².